The predicted molar refractivity (Wildman–Crippen MR) is 96.0 cm³/mol. The average molecular weight is 316 g/mol. The maximum absolute atomic E-state index is 10.4. The van der Waals surface area contributed by atoms with Crippen molar-refractivity contribution in [2.75, 3.05) is 0 Å². The zero-order valence-corrected chi connectivity index (χ0v) is 12.7. The van der Waals surface area contributed by atoms with E-state index in [0.717, 1.165) is 6.08 Å². The highest BCUT2D eigenvalue weighted by Gasteiger charge is 1.92. The molecule has 0 aromatic rings. The van der Waals surface area contributed by atoms with Gasteiger partial charge < -0.3 is 5.11 Å². The summed E-state index contributed by atoms with van der Waals surface area (Å²) in [5.41, 5.74) is 0. The number of carbonyl (C=O) groups is 1. The standard InChI is InChI=1S/C20H32O2/c1-2-3-4-5-6-7-8-9-10-11-12-13-14-15-16-17-18-19-20(21)22/h6-7,9-10,12-13,15-16H,2-5,8,11,14,17-19H2,1H3,(H,21,22)/b7-6-,10-9+,13-12-,16-15-/i1D3,2D2,3D2,4D2,5D2. The maximum atomic E-state index is 10.4. The van der Waals surface area contributed by atoms with Crippen LogP contribution in [0.1, 0.15) is 85.9 Å². The average Bonchev–Trinajstić information content (AvgIpc) is 2.66. The summed E-state index contributed by atoms with van der Waals surface area (Å²) in [6, 6.07) is 0. The number of hydrogen-bond donors (Lipinski definition) is 1. The lowest BCUT2D eigenvalue weighted by Crippen LogP contribution is -1.92. The summed E-state index contributed by atoms with van der Waals surface area (Å²) >= 11 is 0. The molecular weight excluding hydrogens is 272 g/mol. The van der Waals surface area contributed by atoms with Crippen molar-refractivity contribution in [3.8, 4) is 0 Å². The van der Waals surface area contributed by atoms with Gasteiger partial charge in [-0.1, -0.05) is 68.2 Å². The van der Waals surface area contributed by atoms with Crippen LogP contribution in [0.3, 0.4) is 0 Å². The minimum absolute atomic E-state index is 0.149. The van der Waals surface area contributed by atoms with Gasteiger partial charge in [-0.05, 0) is 44.8 Å². The van der Waals surface area contributed by atoms with Gasteiger partial charge in [0.25, 0.3) is 0 Å². The van der Waals surface area contributed by atoms with Crippen molar-refractivity contribution >= 4 is 5.97 Å². The first kappa shape index (κ1) is 8.33. The van der Waals surface area contributed by atoms with Crippen LogP contribution in [0.25, 0.3) is 0 Å². The van der Waals surface area contributed by atoms with Crippen LogP contribution in [-0.4, -0.2) is 11.1 Å². The molecule has 0 aliphatic carbocycles. The van der Waals surface area contributed by atoms with E-state index in [1.54, 1.807) is 12.2 Å². The van der Waals surface area contributed by atoms with E-state index in [4.69, 9.17) is 20.2 Å². The van der Waals surface area contributed by atoms with E-state index in [1.165, 1.54) is 6.08 Å². The summed E-state index contributed by atoms with van der Waals surface area (Å²) < 4.78 is 83.7. The van der Waals surface area contributed by atoms with Crippen molar-refractivity contribution in [2.45, 2.75) is 70.9 Å². The van der Waals surface area contributed by atoms with Crippen LogP contribution in [0.5, 0.6) is 0 Å². The van der Waals surface area contributed by atoms with Crippen LogP contribution < -0.4 is 0 Å². The molecule has 0 aromatic carbocycles. The largest absolute Gasteiger partial charge is 0.481 e. The molecule has 2 heteroatoms. The van der Waals surface area contributed by atoms with Crippen LogP contribution in [0.4, 0.5) is 0 Å². The number of aliphatic carboxylic acids is 1. The highest BCUT2D eigenvalue weighted by Crippen LogP contribution is 2.01. The molecule has 22 heavy (non-hydrogen) atoms. The Morgan fingerprint density at radius 2 is 1.55 bits per heavy atom. The van der Waals surface area contributed by atoms with Gasteiger partial charge in [-0.25, -0.2) is 0 Å². The Morgan fingerprint density at radius 3 is 2.14 bits per heavy atom. The van der Waals surface area contributed by atoms with Crippen molar-refractivity contribution in [2.24, 2.45) is 0 Å². The second-order valence-electron chi connectivity index (χ2n) is 4.33. The first-order chi connectivity index (χ1) is 14.9. The van der Waals surface area contributed by atoms with Crippen molar-refractivity contribution in [3.63, 3.8) is 0 Å². The summed E-state index contributed by atoms with van der Waals surface area (Å²) in [6.45, 7) is -3.48. The van der Waals surface area contributed by atoms with Crippen LogP contribution in [0, 0.1) is 0 Å². The molecule has 0 unspecified atom stereocenters. The van der Waals surface area contributed by atoms with E-state index >= 15 is 0 Å². The first-order valence-corrected chi connectivity index (χ1v) is 7.26. The summed E-state index contributed by atoms with van der Waals surface area (Å²) in [7, 11) is 0. The fraction of sp³-hybridized carbons (Fsp3) is 0.550. The molecule has 0 bridgehead atoms. The fourth-order valence-electron chi connectivity index (χ4n) is 1.44. The fourth-order valence-corrected chi connectivity index (χ4v) is 1.44. The number of rotatable bonds is 14. The van der Waals surface area contributed by atoms with E-state index in [9.17, 15) is 4.79 Å². The molecule has 0 atom stereocenters. The van der Waals surface area contributed by atoms with Gasteiger partial charge in [-0.2, -0.15) is 0 Å². The Balaban J connectivity index is 4.70. The summed E-state index contributed by atoms with van der Waals surface area (Å²) in [5, 5.41) is 8.53. The lowest BCUT2D eigenvalue weighted by atomic mass is 10.2. The van der Waals surface area contributed by atoms with Gasteiger partial charge in [-0.15, -0.1) is 0 Å². The molecule has 0 radical (unpaired) electrons. The molecule has 124 valence electrons. The maximum Gasteiger partial charge on any atom is 0.303 e. The highest BCUT2D eigenvalue weighted by molar-refractivity contribution is 5.66. The number of carboxylic acid groups (broad SMARTS) is 1. The molecule has 0 amide bonds. The summed E-state index contributed by atoms with van der Waals surface area (Å²) in [4.78, 5) is 10.4. The Kier molecular flexibility index (Phi) is 6.62. The zero-order chi connectivity index (χ0) is 26.0. The number of hydrogen-bond acceptors (Lipinski definition) is 1. The molecule has 0 saturated heterocycles. The third-order valence-electron chi connectivity index (χ3n) is 2.48. The van der Waals surface area contributed by atoms with Gasteiger partial charge in [0.15, 0.2) is 0 Å². The molecule has 0 aliphatic heterocycles. The predicted octanol–water partition coefficient (Wildman–Crippen LogP) is 6.22. The Hall–Kier alpha value is -1.57. The van der Waals surface area contributed by atoms with Crippen molar-refractivity contribution < 1.29 is 25.0 Å². The topological polar surface area (TPSA) is 37.3 Å². The van der Waals surface area contributed by atoms with Crippen LogP contribution in [0.2, 0.25) is 0 Å². The molecule has 0 heterocycles. The Morgan fingerprint density at radius 1 is 0.955 bits per heavy atom. The number of unbranched alkanes of at least 4 members (excludes halogenated alkanes) is 1. The van der Waals surface area contributed by atoms with Crippen LogP contribution in [-0.2, 0) is 4.79 Å². The second-order valence-corrected chi connectivity index (χ2v) is 4.33. The third-order valence-corrected chi connectivity index (χ3v) is 2.48. The van der Waals surface area contributed by atoms with E-state index in [1.807, 2.05) is 24.3 Å². The molecule has 0 aliphatic rings. The third kappa shape index (κ3) is 18.4. The molecule has 0 fully saturated rings. The SMILES string of the molecule is [2H]C([2H])([2H])C([2H])([2H])C([2H])([2H])C([2H])([2H])C([2H])([2H])/C=C\C/C=C/C/C=C\C/C=C\CCCC(=O)O. The van der Waals surface area contributed by atoms with Gasteiger partial charge in [0, 0.05) is 21.5 Å². The zero-order valence-electron chi connectivity index (χ0n) is 23.7. The lowest BCUT2D eigenvalue weighted by molar-refractivity contribution is -0.137. The van der Waals surface area contributed by atoms with Gasteiger partial charge >= 0.3 is 5.97 Å². The quantitative estimate of drug-likeness (QED) is 0.305. The van der Waals surface area contributed by atoms with Gasteiger partial charge in [0.1, 0.15) is 0 Å². The smallest absolute Gasteiger partial charge is 0.303 e. The van der Waals surface area contributed by atoms with Gasteiger partial charge in [0.05, 0.1) is 0 Å². The normalized spacial score (nSPS) is 23.0. The lowest BCUT2D eigenvalue weighted by Gasteiger charge is -1.90. The van der Waals surface area contributed by atoms with Gasteiger partial charge in [-0.3, -0.25) is 4.79 Å². The second kappa shape index (κ2) is 17.5. The molecule has 0 saturated carbocycles. The molecule has 2 nitrogen and oxygen atoms in total. The number of allylic oxidation sites excluding steroid dienone is 8. The first-order valence-electron chi connectivity index (χ1n) is 12.8. The number of carboxylic acids is 1. The Bertz CT molecular complexity index is 733. The monoisotopic (exact) mass is 315 g/mol. The van der Waals surface area contributed by atoms with Crippen LogP contribution in [0.15, 0.2) is 48.6 Å². The van der Waals surface area contributed by atoms with Crippen molar-refractivity contribution in [3.05, 3.63) is 48.6 Å². The molecule has 0 aromatic heterocycles. The summed E-state index contributed by atoms with van der Waals surface area (Å²) in [6.07, 6.45) is 2.61. The van der Waals surface area contributed by atoms with E-state index in [0.29, 0.717) is 25.7 Å². The van der Waals surface area contributed by atoms with Gasteiger partial charge in [0.2, 0.25) is 0 Å². The molecule has 0 rings (SSSR count). The minimum atomic E-state index is -3.63. The van der Waals surface area contributed by atoms with Crippen molar-refractivity contribution in [1.82, 2.24) is 0 Å². The molecule has 0 spiro atoms. The molecule has 1 N–H and O–H groups in total. The molecular formula is C20H32O2. The van der Waals surface area contributed by atoms with Crippen molar-refractivity contribution in [1.29, 1.82) is 0 Å². The summed E-state index contributed by atoms with van der Waals surface area (Å²) in [5.74, 6) is -0.808. The van der Waals surface area contributed by atoms with E-state index in [2.05, 4.69) is 0 Å². The van der Waals surface area contributed by atoms with E-state index in [-0.39, 0.29) is 12.8 Å². The Labute approximate surface area is 151 Å². The van der Waals surface area contributed by atoms with E-state index < -0.39 is 38.3 Å². The van der Waals surface area contributed by atoms with Crippen LogP contribution >= 0.6 is 0 Å². The minimum Gasteiger partial charge on any atom is -0.481 e. The highest BCUT2D eigenvalue weighted by atomic mass is 16.4.